The maximum atomic E-state index is 11.4. The van der Waals surface area contributed by atoms with E-state index in [0.29, 0.717) is 5.91 Å². The van der Waals surface area contributed by atoms with Crippen molar-refractivity contribution in [1.82, 2.24) is 5.32 Å². The zero-order chi connectivity index (χ0) is 7.73. The van der Waals surface area contributed by atoms with Crippen molar-refractivity contribution in [1.29, 1.82) is 0 Å². The first-order valence-electron chi connectivity index (χ1n) is 4.43. The lowest BCUT2D eigenvalue weighted by Gasteiger charge is -2.28. The van der Waals surface area contributed by atoms with Gasteiger partial charge in [0.15, 0.2) is 0 Å². The van der Waals surface area contributed by atoms with Crippen molar-refractivity contribution in [2.24, 2.45) is 5.41 Å². The van der Waals surface area contributed by atoms with E-state index in [1.54, 1.807) is 0 Å². The maximum Gasteiger partial charge on any atom is 0.226 e. The highest BCUT2D eigenvalue weighted by Crippen LogP contribution is 2.34. The van der Waals surface area contributed by atoms with E-state index >= 15 is 0 Å². The molecule has 11 heavy (non-hydrogen) atoms. The fourth-order valence-corrected chi connectivity index (χ4v) is 2.22. The lowest BCUT2D eigenvalue weighted by atomic mass is 9.78. The molecule has 2 rings (SSSR count). The van der Waals surface area contributed by atoms with Crippen LogP contribution in [0.3, 0.4) is 0 Å². The van der Waals surface area contributed by atoms with Gasteiger partial charge in [0, 0.05) is 19.4 Å². The van der Waals surface area contributed by atoms with Gasteiger partial charge in [-0.2, -0.15) is 0 Å². The molecule has 2 aliphatic heterocycles. The molecule has 1 spiro atoms. The topological polar surface area (TPSA) is 45.7 Å². The summed E-state index contributed by atoms with van der Waals surface area (Å²) in [6.07, 6.45) is 3.23. The quantitative estimate of drug-likeness (QED) is 0.456. The summed E-state index contributed by atoms with van der Waals surface area (Å²) in [6, 6.07) is 0. The predicted molar refractivity (Wildman–Crippen MR) is 41.0 cm³/mol. The molecule has 0 saturated carbocycles. The summed E-state index contributed by atoms with van der Waals surface area (Å²) in [5, 5.41) is 5.23. The third kappa shape index (κ3) is 1.03. The van der Waals surface area contributed by atoms with Gasteiger partial charge in [0.25, 0.3) is 0 Å². The van der Waals surface area contributed by atoms with Gasteiger partial charge in [-0.3, -0.25) is 4.79 Å². The maximum absolute atomic E-state index is 11.4. The Bertz CT molecular complexity index is 173. The average Bonchev–Trinajstić information content (AvgIpc) is 2.36. The number of nitrogens with two attached hydrogens (primary N) is 1. The number of quaternary nitrogens is 1. The molecule has 62 valence electrons. The standard InChI is InChI=1S/C8H14N2O/c11-7-8(3-6-10-7)1-4-9-5-2-8/h9H,1-6H2,(H,10,11)/p+1. The molecule has 0 aromatic rings. The van der Waals surface area contributed by atoms with Crippen LogP contribution < -0.4 is 10.6 Å². The minimum atomic E-state index is 0.0503. The molecule has 0 radical (unpaired) electrons. The highest BCUT2D eigenvalue weighted by Gasteiger charge is 2.43. The van der Waals surface area contributed by atoms with Gasteiger partial charge in [0.2, 0.25) is 5.91 Å². The van der Waals surface area contributed by atoms with Crippen LogP contribution >= 0.6 is 0 Å². The van der Waals surface area contributed by atoms with Crippen LogP contribution in [0.25, 0.3) is 0 Å². The second kappa shape index (κ2) is 2.48. The molecule has 0 bridgehead atoms. The Morgan fingerprint density at radius 2 is 2.00 bits per heavy atom. The lowest BCUT2D eigenvalue weighted by molar-refractivity contribution is -0.666. The normalized spacial score (nSPS) is 28.9. The van der Waals surface area contributed by atoms with Crippen LogP contribution in [0.1, 0.15) is 19.3 Å². The molecule has 2 heterocycles. The summed E-state index contributed by atoms with van der Waals surface area (Å²) in [4.78, 5) is 11.4. The molecule has 2 aliphatic rings. The lowest BCUT2D eigenvalue weighted by Crippen LogP contribution is -2.87. The zero-order valence-corrected chi connectivity index (χ0v) is 6.73. The molecule has 3 heteroatoms. The first-order chi connectivity index (χ1) is 5.33. The van der Waals surface area contributed by atoms with E-state index in [1.165, 1.54) is 0 Å². The van der Waals surface area contributed by atoms with Crippen molar-refractivity contribution in [2.75, 3.05) is 19.6 Å². The second-order valence-electron chi connectivity index (χ2n) is 3.65. The number of carbonyl (C=O) groups excluding carboxylic acids is 1. The molecule has 1 amide bonds. The van der Waals surface area contributed by atoms with E-state index in [0.717, 1.165) is 38.9 Å². The molecule has 0 aromatic heterocycles. The van der Waals surface area contributed by atoms with Gasteiger partial charge in [0.1, 0.15) is 0 Å². The van der Waals surface area contributed by atoms with Crippen LogP contribution in [-0.4, -0.2) is 25.5 Å². The van der Waals surface area contributed by atoms with Crippen molar-refractivity contribution in [2.45, 2.75) is 19.3 Å². The molecule has 2 saturated heterocycles. The number of piperidine rings is 1. The zero-order valence-electron chi connectivity index (χ0n) is 6.73. The van der Waals surface area contributed by atoms with Crippen molar-refractivity contribution >= 4 is 5.91 Å². The summed E-state index contributed by atoms with van der Waals surface area (Å²) < 4.78 is 0. The molecule has 0 aromatic carbocycles. The number of hydrogen-bond acceptors (Lipinski definition) is 1. The molecule has 3 N–H and O–H groups in total. The van der Waals surface area contributed by atoms with Crippen LogP contribution in [0, 0.1) is 5.41 Å². The van der Waals surface area contributed by atoms with Crippen LogP contribution in [-0.2, 0) is 4.79 Å². The fourth-order valence-electron chi connectivity index (χ4n) is 2.22. The molecular formula is C8H15N2O+. The molecule has 0 atom stereocenters. The van der Waals surface area contributed by atoms with Gasteiger partial charge in [-0.05, 0) is 6.42 Å². The summed E-state index contributed by atoms with van der Waals surface area (Å²) in [7, 11) is 0. The predicted octanol–water partition coefficient (Wildman–Crippen LogP) is -1.15. The molecule has 0 unspecified atom stereocenters. The van der Waals surface area contributed by atoms with Crippen LogP contribution in [0.2, 0.25) is 0 Å². The van der Waals surface area contributed by atoms with Crippen LogP contribution in [0.5, 0.6) is 0 Å². The van der Waals surface area contributed by atoms with E-state index in [4.69, 9.17) is 0 Å². The summed E-state index contributed by atoms with van der Waals surface area (Å²) in [5.74, 6) is 0.311. The van der Waals surface area contributed by atoms with E-state index < -0.39 is 0 Å². The molecule has 2 fully saturated rings. The Hall–Kier alpha value is -0.570. The number of nitrogens with one attached hydrogen (secondary N) is 1. The monoisotopic (exact) mass is 155 g/mol. The van der Waals surface area contributed by atoms with Gasteiger partial charge >= 0.3 is 0 Å². The van der Waals surface area contributed by atoms with Crippen molar-refractivity contribution in [3.63, 3.8) is 0 Å². The second-order valence-corrected chi connectivity index (χ2v) is 3.65. The molecular weight excluding hydrogens is 140 g/mol. The number of carbonyl (C=O) groups is 1. The first-order valence-corrected chi connectivity index (χ1v) is 4.43. The van der Waals surface area contributed by atoms with Crippen LogP contribution in [0.15, 0.2) is 0 Å². The van der Waals surface area contributed by atoms with Gasteiger partial charge in [0.05, 0.1) is 18.5 Å². The third-order valence-corrected chi connectivity index (χ3v) is 3.02. The van der Waals surface area contributed by atoms with E-state index in [1.807, 2.05) is 0 Å². The third-order valence-electron chi connectivity index (χ3n) is 3.02. The number of hydrogen-bond donors (Lipinski definition) is 2. The smallest absolute Gasteiger partial charge is 0.226 e. The Kier molecular flexibility index (Phi) is 1.60. The van der Waals surface area contributed by atoms with Gasteiger partial charge in [-0.25, -0.2) is 0 Å². The number of rotatable bonds is 0. The summed E-state index contributed by atoms with van der Waals surface area (Å²) in [5.41, 5.74) is 0.0503. The first kappa shape index (κ1) is 7.10. The summed E-state index contributed by atoms with van der Waals surface area (Å²) in [6.45, 7) is 3.17. The van der Waals surface area contributed by atoms with Gasteiger partial charge < -0.3 is 10.6 Å². The minimum Gasteiger partial charge on any atom is -0.356 e. The van der Waals surface area contributed by atoms with Crippen molar-refractivity contribution in [3.05, 3.63) is 0 Å². The Morgan fingerprint density at radius 1 is 1.27 bits per heavy atom. The number of amides is 1. The van der Waals surface area contributed by atoms with Crippen molar-refractivity contribution < 1.29 is 10.1 Å². The Labute approximate surface area is 66.5 Å². The van der Waals surface area contributed by atoms with Gasteiger partial charge in [-0.15, -0.1) is 0 Å². The van der Waals surface area contributed by atoms with E-state index in [-0.39, 0.29) is 5.41 Å². The summed E-state index contributed by atoms with van der Waals surface area (Å²) >= 11 is 0. The highest BCUT2D eigenvalue weighted by atomic mass is 16.2. The van der Waals surface area contributed by atoms with E-state index in [2.05, 4.69) is 10.6 Å². The highest BCUT2D eigenvalue weighted by molar-refractivity contribution is 5.84. The minimum absolute atomic E-state index is 0.0503. The largest absolute Gasteiger partial charge is 0.356 e. The molecule has 0 aliphatic carbocycles. The Morgan fingerprint density at radius 3 is 2.55 bits per heavy atom. The SMILES string of the molecule is O=C1NCCC12CC[NH2+]CC2. The van der Waals surface area contributed by atoms with E-state index in [9.17, 15) is 4.79 Å². The molecule has 3 nitrogen and oxygen atoms in total. The fraction of sp³-hybridized carbons (Fsp3) is 0.875. The van der Waals surface area contributed by atoms with Crippen LogP contribution in [0.4, 0.5) is 0 Å². The average molecular weight is 155 g/mol. The Balaban J connectivity index is 2.12. The van der Waals surface area contributed by atoms with Gasteiger partial charge in [-0.1, -0.05) is 0 Å². The van der Waals surface area contributed by atoms with Crippen molar-refractivity contribution in [3.8, 4) is 0 Å².